The molecule has 1 N–H and O–H groups in total. The summed E-state index contributed by atoms with van der Waals surface area (Å²) < 4.78 is 5.34. The molecule has 1 aromatic heterocycles. The van der Waals surface area contributed by atoms with Crippen molar-refractivity contribution in [3.8, 4) is 17.0 Å². The van der Waals surface area contributed by atoms with Gasteiger partial charge in [-0.3, -0.25) is 15.3 Å². The second-order valence-corrected chi connectivity index (χ2v) is 4.77. The van der Waals surface area contributed by atoms with E-state index < -0.39 is 0 Å². The lowest BCUT2D eigenvalue weighted by molar-refractivity contribution is 0.415. The zero-order valence-corrected chi connectivity index (χ0v) is 11.7. The second kappa shape index (κ2) is 5.43. The van der Waals surface area contributed by atoms with Crippen molar-refractivity contribution in [3.05, 3.63) is 47.7 Å². The maximum absolute atomic E-state index is 5.34. The number of rotatable bonds is 3. The molecule has 2 aromatic rings. The number of hydrogen-bond donors (Lipinski definition) is 1. The summed E-state index contributed by atoms with van der Waals surface area (Å²) in [4.78, 5) is 9.13. The van der Waals surface area contributed by atoms with E-state index in [-0.39, 0.29) is 0 Å². The minimum absolute atomic E-state index is 0.683. The van der Waals surface area contributed by atoms with E-state index in [4.69, 9.17) is 4.74 Å². The molecule has 0 aliphatic carbocycles. The first-order chi connectivity index (χ1) is 9.78. The Morgan fingerprint density at radius 3 is 2.75 bits per heavy atom. The molecule has 0 radical (unpaired) electrons. The highest BCUT2D eigenvalue weighted by molar-refractivity contribution is 6.07. The highest BCUT2D eigenvalue weighted by atomic mass is 16.5. The maximum Gasteiger partial charge on any atom is 0.119 e. The van der Waals surface area contributed by atoms with Crippen LogP contribution in [0.1, 0.15) is 11.3 Å². The quantitative estimate of drug-likeness (QED) is 0.929. The van der Waals surface area contributed by atoms with Gasteiger partial charge in [0, 0.05) is 23.4 Å². The number of methoxy groups -OCH3 is 1. The molecular weight excluding hydrogens is 250 g/mol. The summed E-state index contributed by atoms with van der Waals surface area (Å²) in [5.74, 6) is 0.832. The van der Waals surface area contributed by atoms with E-state index in [1.807, 2.05) is 37.3 Å². The van der Waals surface area contributed by atoms with Gasteiger partial charge in [0.05, 0.1) is 25.2 Å². The minimum atomic E-state index is 0.683. The lowest BCUT2D eigenvalue weighted by Gasteiger charge is -2.11. The molecule has 0 unspecified atom stereocenters. The molecule has 0 fully saturated rings. The van der Waals surface area contributed by atoms with Crippen LogP contribution in [0.3, 0.4) is 0 Å². The van der Waals surface area contributed by atoms with Gasteiger partial charge in [0.25, 0.3) is 0 Å². The molecule has 0 saturated heterocycles. The summed E-state index contributed by atoms with van der Waals surface area (Å²) in [5.41, 5.74) is 5.21. The predicted octanol–water partition coefficient (Wildman–Crippen LogP) is 2.42. The first kappa shape index (κ1) is 12.8. The van der Waals surface area contributed by atoms with Crippen LogP contribution in [-0.2, 0) is 0 Å². The van der Waals surface area contributed by atoms with E-state index in [2.05, 4.69) is 21.4 Å². The van der Waals surface area contributed by atoms with E-state index in [0.29, 0.717) is 6.67 Å². The van der Waals surface area contributed by atoms with Crippen molar-refractivity contribution in [2.24, 2.45) is 4.99 Å². The van der Waals surface area contributed by atoms with Crippen LogP contribution in [0.15, 0.2) is 41.4 Å². The third kappa shape index (κ3) is 2.42. The SMILES string of the molecule is COc1ccc(C2=NCNC2)c(-c2cccc(C)n2)c1. The highest BCUT2D eigenvalue weighted by Gasteiger charge is 2.15. The number of aliphatic imine (C=N–C) groups is 1. The Kier molecular flexibility index (Phi) is 3.48. The Bertz CT molecular complexity index is 665. The smallest absolute Gasteiger partial charge is 0.119 e. The van der Waals surface area contributed by atoms with Gasteiger partial charge < -0.3 is 4.74 Å². The topological polar surface area (TPSA) is 46.5 Å². The standard InChI is InChI=1S/C16H17N3O/c1-11-4-3-5-15(19-11)14-8-12(20-2)6-7-13(14)16-9-17-10-18-16/h3-8,17H,9-10H2,1-2H3. The molecule has 1 aromatic carbocycles. The normalized spacial score (nSPS) is 14.2. The molecule has 0 saturated carbocycles. The van der Waals surface area contributed by atoms with E-state index >= 15 is 0 Å². The van der Waals surface area contributed by atoms with Gasteiger partial charge in [-0.1, -0.05) is 6.07 Å². The number of nitrogens with zero attached hydrogens (tertiary/aromatic N) is 2. The van der Waals surface area contributed by atoms with Crippen molar-refractivity contribution in [2.45, 2.75) is 6.92 Å². The molecule has 2 heterocycles. The van der Waals surface area contributed by atoms with Crippen molar-refractivity contribution in [1.29, 1.82) is 0 Å². The lowest BCUT2D eigenvalue weighted by atomic mass is 9.99. The fraction of sp³-hybridized carbons (Fsp3) is 0.250. The number of nitrogens with one attached hydrogen (secondary N) is 1. The summed E-state index contributed by atoms with van der Waals surface area (Å²) >= 11 is 0. The van der Waals surface area contributed by atoms with Crippen LogP contribution >= 0.6 is 0 Å². The molecule has 0 amide bonds. The van der Waals surface area contributed by atoms with Crippen LogP contribution in [0, 0.1) is 6.92 Å². The zero-order valence-electron chi connectivity index (χ0n) is 11.7. The van der Waals surface area contributed by atoms with Crippen molar-refractivity contribution in [3.63, 3.8) is 0 Å². The molecule has 102 valence electrons. The van der Waals surface area contributed by atoms with E-state index in [9.17, 15) is 0 Å². The predicted molar refractivity (Wildman–Crippen MR) is 80.4 cm³/mol. The van der Waals surface area contributed by atoms with E-state index in [1.165, 1.54) is 0 Å². The van der Waals surface area contributed by atoms with Gasteiger partial charge in [-0.15, -0.1) is 0 Å². The third-order valence-corrected chi connectivity index (χ3v) is 3.38. The largest absolute Gasteiger partial charge is 0.497 e. The van der Waals surface area contributed by atoms with Crippen LogP contribution in [0.4, 0.5) is 0 Å². The van der Waals surface area contributed by atoms with Crippen LogP contribution < -0.4 is 10.1 Å². The number of benzene rings is 1. The van der Waals surface area contributed by atoms with Crippen molar-refractivity contribution in [2.75, 3.05) is 20.3 Å². The molecule has 3 rings (SSSR count). The zero-order chi connectivity index (χ0) is 13.9. The Balaban J connectivity index is 2.15. The Morgan fingerprint density at radius 1 is 1.15 bits per heavy atom. The molecule has 20 heavy (non-hydrogen) atoms. The van der Waals surface area contributed by atoms with E-state index in [0.717, 1.165) is 40.5 Å². The van der Waals surface area contributed by atoms with Crippen molar-refractivity contribution in [1.82, 2.24) is 10.3 Å². The van der Waals surface area contributed by atoms with Crippen LogP contribution in [0.25, 0.3) is 11.3 Å². The Morgan fingerprint density at radius 2 is 2.05 bits per heavy atom. The molecule has 0 bridgehead atoms. The number of ether oxygens (including phenoxy) is 1. The third-order valence-electron chi connectivity index (χ3n) is 3.38. The van der Waals surface area contributed by atoms with Gasteiger partial charge in [0.15, 0.2) is 0 Å². The summed E-state index contributed by atoms with van der Waals surface area (Å²) in [7, 11) is 1.68. The number of pyridine rings is 1. The Hall–Kier alpha value is -2.20. The molecule has 0 spiro atoms. The maximum atomic E-state index is 5.34. The lowest BCUT2D eigenvalue weighted by Crippen LogP contribution is -2.14. The fourth-order valence-electron chi connectivity index (χ4n) is 2.37. The first-order valence-electron chi connectivity index (χ1n) is 6.64. The van der Waals surface area contributed by atoms with Gasteiger partial charge in [-0.25, -0.2) is 0 Å². The molecule has 1 aliphatic rings. The number of aromatic nitrogens is 1. The van der Waals surface area contributed by atoms with E-state index in [1.54, 1.807) is 7.11 Å². The van der Waals surface area contributed by atoms with Gasteiger partial charge >= 0.3 is 0 Å². The number of hydrogen-bond acceptors (Lipinski definition) is 4. The minimum Gasteiger partial charge on any atom is -0.497 e. The second-order valence-electron chi connectivity index (χ2n) is 4.77. The van der Waals surface area contributed by atoms with Gasteiger partial charge in [-0.2, -0.15) is 0 Å². The molecule has 0 atom stereocenters. The summed E-state index contributed by atoms with van der Waals surface area (Å²) in [6.45, 7) is 3.48. The van der Waals surface area contributed by atoms with Crippen molar-refractivity contribution >= 4 is 5.71 Å². The first-order valence-corrected chi connectivity index (χ1v) is 6.64. The van der Waals surface area contributed by atoms with Crippen molar-refractivity contribution < 1.29 is 4.74 Å². The number of aryl methyl sites for hydroxylation is 1. The van der Waals surface area contributed by atoms with Gasteiger partial charge in [-0.05, 0) is 37.3 Å². The van der Waals surface area contributed by atoms with Gasteiger partial charge in [0.2, 0.25) is 0 Å². The highest BCUT2D eigenvalue weighted by Crippen LogP contribution is 2.28. The Labute approximate surface area is 118 Å². The average Bonchev–Trinajstić information content (AvgIpc) is 3.00. The monoisotopic (exact) mass is 267 g/mol. The fourth-order valence-corrected chi connectivity index (χ4v) is 2.37. The molecular formula is C16H17N3O. The summed E-state index contributed by atoms with van der Waals surface area (Å²) in [5, 5.41) is 3.23. The summed E-state index contributed by atoms with van der Waals surface area (Å²) in [6, 6.07) is 12.1. The molecule has 4 heteroatoms. The summed E-state index contributed by atoms with van der Waals surface area (Å²) in [6.07, 6.45) is 0. The van der Waals surface area contributed by atoms with Crippen LogP contribution in [0.2, 0.25) is 0 Å². The molecule has 1 aliphatic heterocycles. The average molecular weight is 267 g/mol. The van der Waals surface area contributed by atoms with Crippen LogP contribution in [0.5, 0.6) is 5.75 Å². The molecule has 4 nitrogen and oxygen atoms in total. The van der Waals surface area contributed by atoms with Gasteiger partial charge in [0.1, 0.15) is 5.75 Å². The van der Waals surface area contributed by atoms with Crippen LogP contribution in [-0.4, -0.2) is 31.0 Å².